The Morgan fingerprint density at radius 1 is 1.50 bits per heavy atom. The van der Waals surface area contributed by atoms with Gasteiger partial charge in [0.25, 0.3) is 5.69 Å². The molecule has 1 aliphatic heterocycles. The molecule has 2 heterocycles. The number of nitrogens with zero attached hydrogens (tertiary/aromatic N) is 4. The quantitative estimate of drug-likeness (QED) is 0.268. The summed E-state index contributed by atoms with van der Waals surface area (Å²) in [6.07, 6.45) is 2.13. The topological polar surface area (TPSA) is 118 Å². The van der Waals surface area contributed by atoms with E-state index in [1.165, 1.54) is 6.07 Å². The van der Waals surface area contributed by atoms with Crippen LogP contribution < -0.4 is 10.6 Å². The van der Waals surface area contributed by atoms with E-state index in [1.54, 1.807) is 6.07 Å². The molecule has 0 radical (unpaired) electrons. The lowest BCUT2D eigenvalue weighted by Crippen LogP contribution is -2.22. The highest BCUT2D eigenvalue weighted by atomic mass is 16.6. The van der Waals surface area contributed by atoms with Crippen LogP contribution in [0.1, 0.15) is 18.5 Å². The molecule has 0 bridgehead atoms. The van der Waals surface area contributed by atoms with Crippen LogP contribution in [-0.2, 0) is 0 Å². The molecule has 0 saturated carbocycles. The molecule has 0 aliphatic carbocycles. The summed E-state index contributed by atoms with van der Waals surface area (Å²) in [6, 6.07) is 2.91. The van der Waals surface area contributed by atoms with Crippen molar-refractivity contribution in [2.75, 3.05) is 18.0 Å². The average Bonchev–Trinajstić information content (AvgIpc) is 2.90. The lowest BCUT2D eigenvalue weighted by molar-refractivity contribution is -0.385. The number of hydrogen-bond acceptors (Lipinski definition) is 6. The number of oxime groups is 1. The largest absolute Gasteiger partial charge is 0.409 e. The van der Waals surface area contributed by atoms with Gasteiger partial charge in [0, 0.05) is 19.2 Å². The van der Waals surface area contributed by atoms with Crippen LogP contribution in [0.5, 0.6) is 0 Å². The fourth-order valence-corrected chi connectivity index (χ4v) is 1.95. The molecule has 0 spiro atoms. The van der Waals surface area contributed by atoms with Gasteiger partial charge in [-0.25, -0.2) is 4.98 Å². The van der Waals surface area contributed by atoms with Gasteiger partial charge in [-0.3, -0.25) is 10.1 Å². The Balaban J connectivity index is 2.44. The molecule has 1 aliphatic rings. The van der Waals surface area contributed by atoms with Crippen molar-refractivity contribution in [2.45, 2.75) is 12.8 Å². The number of aromatic nitrogens is 1. The van der Waals surface area contributed by atoms with Crippen LogP contribution in [0.3, 0.4) is 0 Å². The first-order valence-corrected chi connectivity index (χ1v) is 5.51. The van der Waals surface area contributed by atoms with E-state index in [1.807, 2.05) is 4.90 Å². The second kappa shape index (κ2) is 4.86. The molecule has 1 fully saturated rings. The van der Waals surface area contributed by atoms with E-state index in [2.05, 4.69) is 10.1 Å². The molecule has 3 N–H and O–H groups in total. The number of rotatable bonds is 3. The van der Waals surface area contributed by atoms with E-state index in [9.17, 15) is 10.1 Å². The molecule has 2 rings (SSSR count). The Labute approximate surface area is 103 Å². The van der Waals surface area contributed by atoms with Gasteiger partial charge in [0.1, 0.15) is 5.82 Å². The van der Waals surface area contributed by atoms with Crippen molar-refractivity contribution in [2.24, 2.45) is 10.9 Å². The van der Waals surface area contributed by atoms with Crippen LogP contribution in [0, 0.1) is 10.1 Å². The fraction of sp³-hybridized carbons (Fsp3) is 0.400. The highest BCUT2D eigenvalue weighted by Gasteiger charge is 2.22. The zero-order valence-corrected chi connectivity index (χ0v) is 9.61. The summed E-state index contributed by atoms with van der Waals surface area (Å²) < 4.78 is 0. The lowest BCUT2D eigenvalue weighted by atomic mass is 10.2. The van der Waals surface area contributed by atoms with Crippen molar-refractivity contribution in [1.82, 2.24) is 4.98 Å². The third-order valence-corrected chi connectivity index (χ3v) is 2.84. The second-order valence-electron chi connectivity index (χ2n) is 3.97. The molecule has 1 aromatic rings. The van der Waals surface area contributed by atoms with Crippen LogP contribution in [-0.4, -0.2) is 34.0 Å². The number of hydrogen-bond donors (Lipinski definition) is 2. The van der Waals surface area contributed by atoms with Gasteiger partial charge < -0.3 is 15.8 Å². The van der Waals surface area contributed by atoms with Gasteiger partial charge in [-0.05, 0) is 18.9 Å². The van der Waals surface area contributed by atoms with Crippen LogP contribution >= 0.6 is 0 Å². The molecular weight excluding hydrogens is 238 g/mol. The minimum absolute atomic E-state index is 0.105. The third kappa shape index (κ3) is 2.17. The van der Waals surface area contributed by atoms with E-state index < -0.39 is 4.92 Å². The smallest absolute Gasteiger partial charge is 0.298 e. The summed E-state index contributed by atoms with van der Waals surface area (Å²) >= 11 is 0. The van der Waals surface area contributed by atoms with Crippen molar-refractivity contribution in [3.63, 3.8) is 0 Å². The molecule has 0 unspecified atom stereocenters. The first-order valence-electron chi connectivity index (χ1n) is 5.51. The Bertz CT molecular complexity index is 496. The summed E-state index contributed by atoms with van der Waals surface area (Å²) in [5.74, 6) is 0.252. The molecule has 8 nitrogen and oxygen atoms in total. The summed E-state index contributed by atoms with van der Waals surface area (Å²) in [7, 11) is 0. The summed E-state index contributed by atoms with van der Waals surface area (Å²) in [5, 5.41) is 22.3. The maximum absolute atomic E-state index is 10.8. The molecular formula is C10H13N5O3. The minimum atomic E-state index is -0.603. The minimum Gasteiger partial charge on any atom is -0.409 e. The first-order chi connectivity index (χ1) is 8.63. The maximum Gasteiger partial charge on any atom is 0.298 e. The van der Waals surface area contributed by atoms with Gasteiger partial charge in [-0.1, -0.05) is 5.16 Å². The van der Waals surface area contributed by atoms with Gasteiger partial charge in [0.05, 0.1) is 4.92 Å². The zero-order chi connectivity index (χ0) is 13.1. The molecule has 18 heavy (non-hydrogen) atoms. The molecule has 96 valence electrons. The van der Waals surface area contributed by atoms with Gasteiger partial charge in [-0.15, -0.1) is 0 Å². The fourth-order valence-electron chi connectivity index (χ4n) is 1.95. The first kappa shape index (κ1) is 12.1. The summed E-state index contributed by atoms with van der Waals surface area (Å²) in [4.78, 5) is 16.4. The van der Waals surface area contributed by atoms with E-state index >= 15 is 0 Å². The lowest BCUT2D eigenvalue weighted by Gasteiger charge is -2.16. The predicted molar refractivity (Wildman–Crippen MR) is 64.8 cm³/mol. The molecule has 0 aromatic carbocycles. The Morgan fingerprint density at radius 3 is 2.72 bits per heavy atom. The van der Waals surface area contributed by atoms with Crippen LogP contribution in [0.15, 0.2) is 17.3 Å². The molecule has 0 atom stereocenters. The number of nitro groups is 1. The van der Waals surface area contributed by atoms with Gasteiger partial charge >= 0.3 is 0 Å². The van der Waals surface area contributed by atoms with E-state index in [0.29, 0.717) is 5.82 Å². The van der Waals surface area contributed by atoms with E-state index in [0.717, 1.165) is 25.9 Å². The van der Waals surface area contributed by atoms with Crippen LogP contribution in [0.4, 0.5) is 11.5 Å². The average molecular weight is 251 g/mol. The number of anilines is 1. The number of pyridine rings is 1. The van der Waals surface area contributed by atoms with Crippen molar-refractivity contribution < 1.29 is 10.1 Å². The Morgan fingerprint density at radius 2 is 2.17 bits per heavy atom. The van der Waals surface area contributed by atoms with E-state index in [-0.39, 0.29) is 17.2 Å². The zero-order valence-electron chi connectivity index (χ0n) is 9.61. The van der Waals surface area contributed by atoms with Crippen molar-refractivity contribution in [3.05, 3.63) is 27.9 Å². The van der Waals surface area contributed by atoms with Crippen molar-refractivity contribution in [3.8, 4) is 0 Å². The van der Waals surface area contributed by atoms with Crippen LogP contribution in [0.25, 0.3) is 0 Å². The normalized spacial score (nSPS) is 16.0. The third-order valence-electron chi connectivity index (χ3n) is 2.84. The molecule has 0 amide bonds. The standard InChI is InChI=1S/C10H13N5O3/c11-10(13-16)9-7(15(17)18)3-4-8(12-9)14-5-1-2-6-14/h3-4,16H,1-2,5-6H2,(H2,11,13). The Hall–Kier alpha value is -2.38. The Kier molecular flexibility index (Phi) is 3.26. The molecule has 8 heteroatoms. The highest BCUT2D eigenvalue weighted by molar-refractivity contribution is 5.99. The highest BCUT2D eigenvalue weighted by Crippen LogP contribution is 2.23. The SMILES string of the molecule is N/C(=N/O)c1nc(N2CCCC2)ccc1[N+](=O)[O-]. The van der Waals surface area contributed by atoms with Crippen LogP contribution in [0.2, 0.25) is 0 Å². The number of amidine groups is 1. The summed E-state index contributed by atoms with van der Waals surface area (Å²) in [6.45, 7) is 1.72. The molecule has 1 aromatic heterocycles. The number of nitrogens with two attached hydrogens (primary N) is 1. The predicted octanol–water partition coefficient (Wildman–Crippen LogP) is 0.684. The van der Waals surface area contributed by atoms with Gasteiger partial charge in [0.15, 0.2) is 11.5 Å². The second-order valence-corrected chi connectivity index (χ2v) is 3.97. The summed E-state index contributed by atoms with van der Waals surface area (Å²) in [5.41, 5.74) is 5.04. The van der Waals surface area contributed by atoms with Gasteiger partial charge in [0.2, 0.25) is 0 Å². The monoisotopic (exact) mass is 251 g/mol. The molecule has 1 saturated heterocycles. The van der Waals surface area contributed by atoms with Crippen molar-refractivity contribution in [1.29, 1.82) is 0 Å². The maximum atomic E-state index is 10.8. The van der Waals surface area contributed by atoms with Gasteiger partial charge in [-0.2, -0.15) is 0 Å². The van der Waals surface area contributed by atoms with Crippen molar-refractivity contribution >= 4 is 17.3 Å². The van der Waals surface area contributed by atoms with E-state index in [4.69, 9.17) is 10.9 Å².